The molecule has 4 nitrogen and oxygen atoms in total. The van der Waals surface area contributed by atoms with Crippen LogP contribution in [0.25, 0.3) is 0 Å². The van der Waals surface area contributed by atoms with Gasteiger partial charge in [-0.25, -0.2) is 4.98 Å². The van der Waals surface area contributed by atoms with Crippen molar-refractivity contribution in [2.75, 3.05) is 12.0 Å². The molecule has 0 fully saturated rings. The predicted molar refractivity (Wildman–Crippen MR) is 49.6 cm³/mol. The first-order valence-electron chi connectivity index (χ1n) is 4.32. The molecule has 0 aliphatic carbocycles. The molecule has 1 aliphatic rings. The third kappa shape index (κ3) is 1.35. The van der Waals surface area contributed by atoms with Crippen LogP contribution in [0.5, 0.6) is 0 Å². The molecule has 0 unspecified atom stereocenters. The lowest BCUT2D eigenvalue weighted by Crippen LogP contribution is -2.35. The van der Waals surface area contributed by atoms with Crippen LogP contribution in [0, 0.1) is 0 Å². The Morgan fingerprint density at radius 3 is 3.15 bits per heavy atom. The van der Waals surface area contributed by atoms with Crippen LogP contribution >= 0.6 is 0 Å². The Bertz CT molecular complexity index is 349. The average Bonchev–Trinajstić information content (AvgIpc) is 2.18. The van der Waals surface area contributed by atoms with Crippen LogP contribution in [0.1, 0.15) is 23.0 Å². The number of amides is 1. The van der Waals surface area contributed by atoms with Crippen molar-refractivity contribution in [3.63, 3.8) is 0 Å². The largest absolute Gasteiger partial charge is 0.366 e. The molecule has 1 aliphatic heterocycles. The van der Waals surface area contributed by atoms with E-state index in [1.54, 1.807) is 6.20 Å². The third-order valence-corrected chi connectivity index (χ3v) is 2.10. The Morgan fingerprint density at radius 2 is 2.38 bits per heavy atom. The van der Waals surface area contributed by atoms with Crippen molar-refractivity contribution < 1.29 is 4.79 Å². The number of hydrogen-bond acceptors (Lipinski definition) is 3. The van der Waals surface area contributed by atoms with E-state index >= 15 is 0 Å². The number of nitrogens with one attached hydrogen (secondary N) is 2. The smallest absolute Gasteiger partial charge is 0.273 e. The van der Waals surface area contributed by atoms with Gasteiger partial charge < -0.3 is 10.6 Å². The molecule has 0 aromatic carbocycles. The van der Waals surface area contributed by atoms with E-state index in [0.717, 1.165) is 17.7 Å². The van der Waals surface area contributed by atoms with E-state index in [4.69, 9.17) is 0 Å². The van der Waals surface area contributed by atoms with Gasteiger partial charge in [-0.05, 0) is 18.1 Å². The Labute approximate surface area is 76.4 Å². The van der Waals surface area contributed by atoms with Gasteiger partial charge in [-0.2, -0.15) is 0 Å². The van der Waals surface area contributed by atoms with Crippen molar-refractivity contribution in [3.05, 3.63) is 23.5 Å². The van der Waals surface area contributed by atoms with Gasteiger partial charge in [-0.15, -0.1) is 0 Å². The summed E-state index contributed by atoms with van der Waals surface area (Å²) in [6, 6.07) is 1.97. The van der Waals surface area contributed by atoms with Crippen LogP contribution in [-0.2, 0) is 6.42 Å². The molecule has 0 spiro atoms. The van der Waals surface area contributed by atoms with Gasteiger partial charge in [-0.1, -0.05) is 6.92 Å². The highest BCUT2D eigenvalue weighted by Gasteiger charge is 2.17. The zero-order chi connectivity index (χ0) is 9.26. The number of rotatable bonds is 1. The second kappa shape index (κ2) is 3.05. The highest BCUT2D eigenvalue weighted by Crippen LogP contribution is 2.17. The van der Waals surface area contributed by atoms with E-state index in [-0.39, 0.29) is 5.91 Å². The highest BCUT2D eigenvalue weighted by molar-refractivity contribution is 5.99. The molecule has 2 rings (SSSR count). The Hall–Kier alpha value is -1.58. The Morgan fingerprint density at radius 1 is 1.54 bits per heavy atom. The highest BCUT2D eigenvalue weighted by atomic mass is 16.2. The summed E-state index contributed by atoms with van der Waals surface area (Å²) in [5.41, 5.74) is 2.47. The van der Waals surface area contributed by atoms with Gasteiger partial charge in [0.2, 0.25) is 0 Å². The minimum Gasteiger partial charge on any atom is -0.366 e. The van der Waals surface area contributed by atoms with Crippen LogP contribution in [0.2, 0.25) is 0 Å². The molecule has 68 valence electrons. The van der Waals surface area contributed by atoms with Gasteiger partial charge in [0.15, 0.2) is 5.69 Å². The van der Waals surface area contributed by atoms with E-state index < -0.39 is 0 Å². The molecule has 0 atom stereocenters. The lowest BCUT2D eigenvalue weighted by atomic mass is 10.1. The maximum Gasteiger partial charge on any atom is 0.273 e. The van der Waals surface area contributed by atoms with E-state index in [2.05, 4.69) is 22.5 Å². The molecular formula is C9H11N3O. The van der Waals surface area contributed by atoms with Crippen LogP contribution in [0.3, 0.4) is 0 Å². The maximum atomic E-state index is 11.3. The first kappa shape index (κ1) is 8.04. The lowest BCUT2D eigenvalue weighted by Gasteiger charge is -2.17. The minimum absolute atomic E-state index is 0.101. The molecule has 2 heterocycles. The maximum absolute atomic E-state index is 11.3. The van der Waals surface area contributed by atoms with Gasteiger partial charge >= 0.3 is 0 Å². The summed E-state index contributed by atoms with van der Waals surface area (Å²) in [6.07, 6.45) is 2.68. The Balaban J connectivity index is 2.45. The predicted octanol–water partition coefficient (Wildman–Crippen LogP) is 0.757. The number of aromatic nitrogens is 1. The molecule has 0 saturated heterocycles. The first-order valence-corrected chi connectivity index (χ1v) is 4.32. The number of carbonyl (C=O) groups is 1. The summed E-state index contributed by atoms with van der Waals surface area (Å²) in [4.78, 5) is 15.4. The molecule has 1 amide bonds. The lowest BCUT2D eigenvalue weighted by molar-refractivity contribution is 0.0947. The quantitative estimate of drug-likeness (QED) is 0.665. The normalized spacial score (nSPS) is 14.4. The molecule has 1 aromatic rings. The van der Waals surface area contributed by atoms with Crippen LogP contribution < -0.4 is 10.6 Å². The van der Waals surface area contributed by atoms with Gasteiger partial charge in [0.1, 0.15) is 0 Å². The number of hydrogen-bond donors (Lipinski definition) is 2. The molecule has 1 aromatic heterocycles. The van der Waals surface area contributed by atoms with Crippen molar-refractivity contribution in [2.24, 2.45) is 0 Å². The SMILES string of the molecule is CCc1cnc2c(c1)NCNC2=O. The number of pyridine rings is 1. The average molecular weight is 177 g/mol. The fourth-order valence-corrected chi connectivity index (χ4v) is 1.32. The van der Waals surface area contributed by atoms with Crippen molar-refractivity contribution in [1.82, 2.24) is 10.3 Å². The number of fused-ring (bicyclic) bond motifs is 1. The molecule has 0 saturated carbocycles. The molecule has 0 radical (unpaired) electrons. The van der Waals surface area contributed by atoms with Crippen molar-refractivity contribution in [3.8, 4) is 0 Å². The number of anilines is 1. The van der Waals surface area contributed by atoms with E-state index in [0.29, 0.717) is 12.4 Å². The summed E-state index contributed by atoms with van der Waals surface area (Å²) >= 11 is 0. The number of carbonyl (C=O) groups excluding carboxylic acids is 1. The molecule has 13 heavy (non-hydrogen) atoms. The number of nitrogens with zero attached hydrogens (tertiary/aromatic N) is 1. The minimum atomic E-state index is -0.101. The summed E-state index contributed by atoms with van der Waals surface area (Å²) in [6.45, 7) is 2.55. The summed E-state index contributed by atoms with van der Waals surface area (Å²) < 4.78 is 0. The van der Waals surface area contributed by atoms with Crippen LogP contribution in [0.15, 0.2) is 12.3 Å². The summed E-state index contributed by atoms with van der Waals surface area (Å²) in [5.74, 6) is -0.101. The van der Waals surface area contributed by atoms with Crippen LogP contribution in [0.4, 0.5) is 5.69 Å². The van der Waals surface area contributed by atoms with Crippen molar-refractivity contribution >= 4 is 11.6 Å². The first-order chi connectivity index (χ1) is 6.31. The third-order valence-electron chi connectivity index (χ3n) is 2.10. The molecule has 2 N–H and O–H groups in total. The standard InChI is InChI=1S/C9H11N3O/c1-2-6-3-7-8(10-4-6)9(13)12-5-11-7/h3-4,11H,2,5H2,1H3,(H,12,13). The van der Waals surface area contributed by atoms with Crippen molar-refractivity contribution in [2.45, 2.75) is 13.3 Å². The van der Waals surface area contributed by atoms with E-state index in [1.807, 2.05) is 6.07 Å². The molecular weight excluding hydrogens is 166 g/mol. The second-order valence-corrected chi connectivity index (χ2v) is 2.95. The van der Waals surface area contributed by atoms with E-state index in [1.165, 1.54) is 0 Å². The van der Waals surface area contributed by atoms with E-state index in [9.17, 15) is 4.79 Å². The zero-order valence-electron chi connectivity index (χ0n) is 7.42. The van der Waals surface area contributed by atoms with Gasteiger partial charge in [0.25, 0.3) is 5.91 Å². The summed E-state index contributed by atoms with van der Waals surface area (Å²) in [7, 11) is 0. The van der Waals surface area contributed by atoms with Crippen molar-refractivity contribution in [1.29, 1.82) is 0 Å². The fraction of sp³-hybridized carbons (Fsp3) is 0.333. The van der Waals surface area contributed by atoms with Gasteiger partial charge in [0.05, 0.1) is 12.4 Å². The summed E-state index contributed by atoms with van der Waals surface area (Å²) in [5, 5.41) is 5.74. The monoisotopic (exact) mass is 177 g/mol. The fourth-order valence-electron chi connectivity index (χ4n) is 1.32. The topological polar surface area (TPSA) is 54.0 Å². The Kier molecular flexibility index (Phi) is 1.88. The number of aryl methyl sites for hydroxylation is 1. The molecule has 0 bridgehead atoms. The van der Waals surface area contributed by atoms with Gasteiger partial charge in [0, 0.05) is 6.20 Å². The zero-order valence-corrected chi connectivity index (χ0v) is 7.42. The van der Waals surface area contributed by atoms with Gasteiger partial charge in [-0.3, -0.25) is 4.79 Å². The molecule has 4 heteroatoms. The van der Waals surface area contributed by atoms with Crippen LogP contribution in [-0.4, -0.2) is 17.6 Å². The second-order valence-electron chi connectivity index (χ2n) is 2.95.